The van der Waals surface area contributed by atoms with Crippen LogP contribution in [-0.4, -0.2) is 49.8 Å². The van der Waals surface area contributed by atoms with Crippen molar-refractivity contribution in [3.05, 3.63) is 71.1 Å². The minimum Gasteiger partial charge on any atom is -0.497 e. The van der Waals surface area contributed by atoms with Crippen molar-refractivity contribution in [2.24, 2.45) is 0 Å². The maximum atomic E-state index is 13.9. The van der Waals surface area contributed by atoms with E-state index < -0.39 is 6.10 Å². The Balaban J connectivity index is 1.41. The van der Waals surface area contributed by atoms with E-state index in [9.17, 15) is 9.59 Å². The monoisotopic (exact) mass is 553 g/mol. The smallest absolute Gasteiger partial charge is 0.267 e. The van der Waals surface area contributed by atoms with Crippen LogP contribution in [-0.2, 0) is 4.79 Å². The predicted molar refractivity (Wildman–Crippen MR) is 157 cm³/mol. The van der Waals surface area contributed by atoms with Crippen LogP contribution in [0.3, 0.4) is 0 Å². The number of aromatic nitrogens is 2. The van der Waals surface area contributed by atoms with E-state index in [0.717, 1.165) is 10.8 Å². The number of nitrogens with one attached hydrogen (secondary N) is 1. The molecule has 0 aliphatic rings. The first-order chi connectivity index (χ1) is 19.9. The molecule has 6 aromatic rings. The van der Waals surface area contributed by atoms with Crippen LogP contribution in [0.15, 0.2) is 65.6 Å². The van der Waals surface area contributed by atoms with Gasteiger partial charge in [-0.1, -0.05) is 0 Å². The highest BCUT2D eigenvalue weighted by Crippen LogP contribution is 2.39. The summed E-state index contributed by atoms with van der Waals surface area (Å²) in [6.07, 6.45) is 0.887. The maximum absolute atomic E-state index is 13.9. The Morgan fingerprint density at radius 2 is 1.59 bits per heavy atom. The van der Waals surface area contributed by atoms with Gasteiger partial charge in [0, 0.05) is 46.2 Å². The van der Waals surface area contributed by atoms with Gasteiger partial charge in [-0.3, -0.25) is 19.0 Å². The van der Waals surface area contributed by atoms with Crippen molar-refractivity contribution in [2.75, 3.05) is 33.8 Å². The van der Waals surface area contributed by atoms with Gasteiger partial charge in [0.25, 0.3) is 11.5 Å². The Morgan fingerprint density at radius 1 is 0.829 bits per heavy atom. The first-order valence-corrected chi connectivity index (χ1v) is 12.8. The van der Waals surface area contributed by atoms with Crippen molar-refractivity contribution in [2.45, 2.75) is 13.0 Å². The number of amides is 1. The van der Waals surface area contributed by atoms with Crippen molar-refractivity contribution in [3.8, 4) is 28.7 Å². The zero-order chi connectivity index (χ0) is 28.8. The summed E-state index contributed by atoms with van der Waals surface area (Å²) in [5.41, 5.74) is 2.32. The van der Waals surface area contributed by atoms with Crippen molar-refractivity contribution >= 4 is 49.7 Å². The largest absolute Gasteiger partial charge is 0.497 e. The fourth-order valence-corrected chi connectivity index (χ4v) is 5.25. The molecule has 0 radical (unpaired) electrons. The van der Waals surface area contributed by atoms with Crippen LogP contribution in [0.5, 0.6) is 28.7 Å². The Kier molecular flexibility index (Phi) is 6.37. The van der Waals surface area contributed by atoms with Gasteiger partial charge in [-0.25, -0.2) is 0 Å². The molecule has 10 nitrogen and oxygen atoms in total. The zero-order valence-electron chi connectivity index (χ0n) is 23.1. The maximum Gasteiger partial charge on any atom is 0.267 e. The van der Waals surface area contributed by atoms with E-state index in [1.807, 2.05) is 24.3 Å². The summed E-state index contributed by atoms with van der Waals surface area (Å²) in [5, 5.41) is 5.52. The predicted octanol–water partition coefficient (Wildman–Crippen LogP) is 5.03. The second kappa shape index (κ2) is 10.1. The summed E-state index contributed by atoms with van der Waals surface area (Å²) < 4.78 is 29.3. The number of nitrogens with zero attached hydrogens (tertiary/aromatic N) is 2. The fraction of sp³-hybridized carbons (Fsp3) is 0.194. The molecule has 0 bridgehead atoms. The van der Waals surface area contributed by atoms with E-state index in [4.69, 9.17) is 23.7 Å². The normalized spacial score (nSPS) is 12.1. The third kappa shape index (κ3) is 4.15. The number of hydrogen-bond donors (Lipinski definition) is 1. The van der Waals surface area contributed by atoms with E-state index in [-0.39, 0.29) is 11.5 Å². The summed E-state index contributed by atoms with van der Waals surface area (Å²) in [6, 6.07) is 15.9. The molecule has 0 unspecified atom stereocenters. The lowest BCUT2D eigenvalue weighted by Crippen LogP contribution is -2.30. The molecule has 3 heterocycles. The molecule has 41 heavy (non-hydrogen) atoms. The molecule has 0 aliphatic heterocycles. The Hall–Kier alpha value is -5.25. The lowest BCUT2D eigenvalue weighted by Gasteiger charge is -2.16. The topological polar surface area (TPSA) is 110 Å². The molecule has 10 heteroatoms. The van der Waals surface area contributed by atoms with Crippen LogP contribution >= 0.6 is 0 Å². The molecule has 6 rings (SSSR count). The molecule has 3 aromatic heterocycles. The number of fused-ring (bicyclic) bond motifs is 5. The highest BCUT2D eigenvalue weighted by molar-refractivity contribution is 6.19. The lowest BCUT2D eigenvalue weighted by molar-refractivity contribution is -0.122. The van der Waals surface area contributed by atoms with Crippen LogP contribution in [0.2, 0.25) is 0 Å². The van der Waals surface area contributed by atoms with E-state index in [1.165, 1.54) is 14.2 Å². The molecule has 208 valence electrons. The third-order valence-corrected chi connectivity index (χ3v) is 7.17. The SMILES string of the molecule is COc1cc(NC(=O)[C@H](C)Oc2ccc3c(c2)c2ccnc4c5ccc(OC)c(OC)c5c(=O)n3c24)cc(OC)c1. The van der Waals surface area contributed by atoms with E-state index in [1.54, 1.807) is 62.1 Å². The second-order valence-corrected chi connectivity index (χ2v) is 9.45. The van der Waals surface area contributed by atoms with Crippen molar-refractivity contribution in [3.63, 3.8) is 0 Å². The van der Waals surface area contributed by atoms with E-state index in [2.05, 4.69) is 10.3 Å². The number of pyridine rings is 2. The quantitative estimate of drug-likeness (QED) is 0.261. The van der Waals surface area contributed by atoms with E-state index in [0.29, 0.717) is 61.8 Å². The number of methoxy groups -OCH3 is 4. The Labute approximate surface area is 234 Å². The van der Waals surface area contributed by atoms with Gasteiger partial charge >= 0.3 is 0 Å². The number of rotatable bonds is 8. The van der Waals surface area contributed by atoms with Gasteiger partial charge in [-0.05, 0) is 43.3 Å². The van der Waals surface area contributed by atoms with Gasteiger partial charge in [0.2, 0.25) is 0 Å². The van der Waals surface area contributed by atoms with Crippen molar-refractivity contribution < 1.29 is 28.5 Å². The van der Waals surface area contributed by atoms with Gasteiger partial charge in [-0.15, -0.1) is 0 Å². The molecule has 1 atom stereocenters. The van der Waals surface area contributed by atoms with Gasteiger partial charge in [0.1, 0.15) is 17.2 Å². The van der Waals surface area contributed by atoms with Crippen LogP contribution in [0.4, 0.5) is 5.69 Å². The summed E-state index contributed by atoms with van der Waals surface area (Å²) >= 11 is 0. The summed E-state index contributed by atoms with van der Waals surface area (Å²) in [7, 11) is 6.12. The average molecular weight is 554 g/mol. The standard InChI is InChI=1S/C31H27N3O7/c1-16(30(35)33-17-12-19(37-2)14-20(13-17)38-3)41-18-6-8-24-23(15-18)21-10-11-32-27-22-7-9-25(39-4)29(40-5)26(22)31(36)34(24)28(21)27/h6-16H,1-5H3,(H,33,35)/t16-/m0/s1. The summed E-state index contributed by atoms with van der Waals surface area (Å²) in [4.78, 5) is 31.5. The molecular weight excluding hydrogens is 526 g/mol. The van der Waals surface area contributed by atoms with Gasteiger partial charge in [0.15, 0.2) is 17.6 Å². The van der Waals surface area contributed by atoms with Crippen LogP contribution in [0, 0.1) is 0 Å². The average Bonchev–Trinajstić information content (AvgIpc) is 3.33. The Morgan fingerprint density at radius 3 is 2.27 bits per heavy atom. The fourth-order valence-electron chi connectivity index (χ4n) is 5.25. The molecule has 1 amide bonds. The number of anilines is 1. The van der Waals surface area contributed by atoms with Crippen LogP contribution in [0.25, 0.3) is 38.1 Å². The van der Waals surface area contributed by atoms with Crippen molar-refractivity contribution in [1.82, 2.24) is 9.38 Å². The summed E-state index contributed by atoms with van der Waals surface area (Å²) in [6.45, 7) is 1.66. The highest BCUT2D eigenvalue weighted by Gasteiger charge is 2.23. The molecular formula is C31H27N3O7. The minimum atomic E-state index is -0.825. The number of ether oxygens (including phenoxy) is 5. The zero-order valence-corrected chi connectivity index (χ0v) is 23.1. The number of carbonyl (C=O) groups is 1. The van der Waals surface area contributed by atoms with Crippen molar-refractivity contribution in [1.29, 1.82) is 0 Å². The van der Waals surface area contributed by atoms with Gasteiger partial charge < -0.3 is 29.0 Å². The van der Waals surface area contributed by atoms with Crippen LogP contribution < -0.4 is 34.6 Å². The molecule has 0 spiro atoms. The molecule has 0 saturated carbocycles. The second-order valence-electron chi connectivity index (χ2n) is 9.45. The molecule has 1 N–H and O–H groups in total. The highest BCUT2D eigenvalue weighted by atomic mass is 16.5. The number of hydrogen-bond acceptors (Lipinski definition) is 8. The number of benzene rings is 3. The molecule has 0 fully saturated rings. The Bertz CT molecular complexity index is 2000. The minimum absolute atomic E-state index is 0.244. The molecule has 3 aromatic carbocycles. The number of carbonyl (C=O) groups excluding carboxylic acids is 1. The lowest BCUT2D eigenvalue weighted by atomic mass is 10.1. The van der Waals surface area contributed by atoms with Gasteiger partial charge in [0.05, 0.1) is 50.4 Å². The molecule has 0 saturated heterocycles. The summed E-state index contributed by atoms with van der Waals surface area (Å²) in [5.74, 6) is 2.04. The van der Waals surface area contributed by atoms with Crippen LogP contribution in [0.1, 0.15) is 6.92 Å². The first-order valence-electron chi connectivity index (χ1n) is 12.8. The first kappa shape index (κ1) is 26.0. The molecule has 0 aliphatic carbocycles. The van der Waals surface area contributed by atoms with Gasteiger partial charge in [-0.2, -0.15) is 0 Å². The van der Waals surface area contributed by atoms with E-state index >= 15 is 0 Å². The third-order valence-electron chi connectivity index (χ3n) is 7.17.